The Balaban J connectivity index is 0. The minimum atomic E-state index is 0. The number of rotatable bonds is 0. The maximum absolute atomic E-state index is 0. The van der Waals surface area contributed by atoms with Gasteiger partial charge in [-0.2, -0.15) is 0 Å². The van der Waals surface area contributed by atoms with Crippen LogP contribution in [0.5, 0.6) is 0 Å². The summed E-state index contributed by atoms with van der Waals surface area (Å²) < 4.78 is 0. The van der Waals surface area contributed by atoms with Crippen molar-refractivity contribution >= 4 is 0 Å². The molecular weight excluding hydrogens is 266 g/mol. The van der Waals surface area contributed by atoms with Crippen molar-refractivity contribution in [2.24, 2.45) is 0 Å². The molecule has 0 aliphatic heterocycles. The Morgan fingerprint density at radius 3 is 0.444 bits per heavy atom. The predicted molar refractivity (Wildman–Crippen MR) is 4.12 cm³/mol. The molecule has 0 amide bonds. The van der Waals surface area contributed by atoms with E-state index in [1.54, 1.807) is 0 Å². The molecule has 0 fully saturated rings. The molecule has 0 aliphatic rings. The Kier molecular flexibility index (Phi) is 5920. The van der Waals surface area contributed by atoms with Gasteiger partial charge in [0.2, 0.25) is 0 Å². The van der Waals surface area contributed by atoms with Crippen LogP contribution in [-0.4, -0.2) is 0 Å². The third kappa shape index (κ3) is 157. The fourth-order valence-electron chi connectivity index (χ4n) is 0. The molecule has 0 aromatic heterocycles. The molecule has 0 rings (SSSR count). The van der Waals surface area contributed by atoms with Crippen LogP contribution in [0.1, 0.15) is 0 Å². The first-order valence-electron chi connectivity index (χ1n) is 0. The molecule has 6 nitrogen and oxygen atoms in total. The molecule has 0 aromatic carbocycles. The molecule has 48 valence electrons. The van der Waals surface area contributed by atoms with Gasteiger partial charge in [-0.05, 0) is 0 Å². The van der Waals surface area contributed by atoms with Gasteiger partial charge in [0.1, 0.15) is 0 Å². The molecule has 9 heavy (non-hydrogen) atoms. The summed E-state index contributed by atoms with van der Waals surface area (Å²) in [6.07, 6.45) is 0. The van der Waals surface area contributed by atoms with Crippen LogP contribution in [-0.2, 0) is 72.5 Å². The summed E-state index contributed by atoms with van der Waals surface area (Å²) in [7, 11) is 0. The summed E-state index contributed by atoms with van der Waals surface area (Å²) >= 11 is 0. The Morgan fingerprint density at radius 1 is 0.444 bits per heavy atom. The van der Waals surface area contributed by atoms with Crippen molar-refractivity contribution < 1.29 is 102 Å². The van der Waals surface area contributed by atoms with Crippen molar-refractivity contribution in [1.29, 1.82) is 0 Å². The average molecular weight is 266 g/mol. The first kappa shape index (κ1) is 269. The summed E-state index contributed by atoms with van der Waals surface area (Å²) in [5.74, 6) is 0. The zero-order chi connectivity index (χ0) is 0. The third-order valence-electron chi connectivity index (χ3n) is 0. The summed E-state index contributed by atoms with van der Waals surface area (Å²) in [4.78, 5) is 0. The van der Waals surface area contributed by atoms with Crippen LogP contribution >= 0.6 is 0 Å². The molecule has 0 saturated carbocycles. The van der Waals surface area contributed by atoms with Gasteiger partial charge in [0, 0.05) is 0 Å². The molecule has 0 unspecified atom stereocenters. The molecule has 0 atom stereocenters. The van der Waals surface area contributed by atoms with Crippen LogP contribution in [0.25, 0.3) is 0 Å². The Hall–Kier alpha value is 2.03. The fourth-order valence-corrected chi connectivity index (χ4v) is 0. The van der Waals surface area contributed by atoms with Crippen molar-refractivity contribution in [3.63, 3.8) is 0 Å². The van der Waals surface area contributed by atoms with Gasteiger partial charge in [-0.3, -0.25) is 0 Å². The predicted octanol–water partition coefficient (Wildman–Crippen LogP) is -3.71. The maximum atomic E-state index is 0. The SMILES string of the molecule is [Mo+6].[Na+].[O-2].[O-2].[O-2].[O-2].[O-2].[O-2].[V+5]. The third-order valence-corrected chi connectivity index (χ3v) is 0. The van der Waals surface area contributed by atoms with E-state index in [4.69, 9.17) is 0 Å². The fraction of sp³-hybridized carbons (Fsp3) is 0. The molecule has 0 heterocycles. The molecule has 0 aromatic rings. The molecule has 0 spiro atoms. The minimum absolute atomic E-state index is 0. The van der Waals surface area contributed by atoms with Crippen LogP contribution in [0, 0.1) is 0 Å². The van der Waals surface area contributed by atoms with Gasteiger partial charge in [-0.25, -0.2) is 0 Å². The normalized spacial score (nSPS) is 0. The Labute approximate surface area is 101 Å². The maximum Gasteiger partial charge on any atom is 6.00 e. The topological polar surface area (TPSA) is 171 Å². The summed E-state index contributed by atoms with van der Waals surface area (Å²) in [6, 6.07) is 0. The Bertz CT molecular complexity index is 13.0. The summed E-state index contributed by atoms with van der Waals surface area (Å²) in [5, 5.41) is 0. The second kappa shape index (κ2) is 198. The first-order chi connectivity index (χ1) is 0. The second-order valence-electron chi connectivity index (χ2n) is 0. The van der Waals surface area contributed by atoms with E-state index in [2.05, 4.69) is 0 Å². The van der Waals surface area contributed by atoms with Gasteiger partial charge in [0.05, 0.1) is 0 Å². The summed E-state index contributed by atoms with van der Waals surface area (Å²) in [6.45, 7) is 0. The molecule has 0 N–H and O–H groups in total. The van der Waals surface area contributed by atoms with Crippen molar-refractivity contribution in [1.82, 2.24) is 0 Å². The van der Waals surface area contributed by atoms with Gasteiger partial charge in [-0.1, -0.05) is 0 Å². The van der Waals surface area contributed by atoms with Crippen LogP contribution < -0.4 is 29.6 Å². The largest absolute Gasteiger partial charge is 6.00 e. The zero-order valence-electron chi connectivity index (χ0n) is 4.30. The van der Waals surface area contributed by atoms with Crippen molar-refractivity contribution in [3.05, 3.63) is 0 Å². The van der Waals surface area contributed by atoms with Crippen LogP contribution in [0.4, 0.5) is 0 Å². The van der Waals surface area contributed by atoms with Crippen molar-refractivity contribution in [2.75, 3.05) is 0 Å². The molecular formula is MoNaO6V. The first-order valence-corrected chi connectivity index (χ1v) is 0. The molecule has 0 saturated heterocycles. The van der Waals surface area contributed by atoms with Crippen LogP contribution in [0.3, 0.4) is 0 Å². The molecule has 9 heteroatoms. The van der Waals surface area contributed by atoms with E-state index >= 15 is 0 Å². The molecule has 0 radical (unpaired) electrons. The van der Waals surface area contributed by atoms with Crippen molar-refractivity contribution in [2.45, 2.75) is 0 Å². The quantitative estimate of drug-likeness (QED) is 0.393. The molecule has 0 bridgehead atoms. The minimum Gasteiger partial charge on any atom is -2.00 e. The van der Waals surface area contributed by atoms with Gasteiger partial charge in [0.15, 0.2) is 0 Å². The standard InChI is InChI=1S/Mo.Na.6O.V/q+6;+1;6*-2;+5. The smallest absolute Gasteiger partial charge is 2.00 e. The van der Waals surface area contributed by atoms with E-state index in [0.717, 1.165) is 0 Å². The van der Waals surface area contributed by atoms with Gasteiger partial charge < -0.3 is 32.9 Å². The van der Waals surface area contributed by atoms with E-state index in [0.29, 0.717) is 0 Å². The Morgan fingerprint density at radius 2 is 0.444 bits per heavy atom. The van der Waals surface area contributed by atoms with Crippen LogP contribution in [0.2, 0.25) is 0 Å². The molecule has 0 aliphatic carbocycles. The van der Waals surface area contributed by atoms with E-state index < -0.39 is 0 Å². The van der Waals surface area contributed by atoms with E-state index in [1.165, 1.54) is 0 Å². The van der Waals surface area contributed by atoms with Gasteiger partial charge in [0.25, 0.3) is 0 Å². The van der Waals surface area contributed by atoms with E-state index in [-0.39, 0.29) is 102 Å². The van der Waals surface area contributed by atoms with E-state index in [1.807, 2.05) is 0 Å². The average Bonchev–Trinajstić information content (AvgIpc) is 0. The van der Waals surface area contributed by atoms with E-state index in [9.17, 15) is 0 Å². The number of hydrogen-bond donors (Lipinski definition) is 0. The van der Waals surface area contributed by atoms with Crippen molar-refractivity contribution in [3.8, 4) is 0 Å². The second-order valence-corrected chi connectivity index (χ2v) is 0. The summed E-state index contributed by atoms with van der Waals surface area (Å²) in [5.41, 5.74) is 0. The van der Waals surface area contributed by atoms with Gasteiger partial charge >= 0.3 is 69.2 Å². The van der Waals surface area contributed by atoms with Gasteiger partial charge in [-0.15, -0.1) is 0 Å². The van der Waals surface area contributed by atoms with Crippen LogP contribution in [0.15, 0.2) is 0 Å². The number of hydrogen-bond acceptors (Lipinski definition) is 0. The zero-order valence-corrected chi connectivity index (χ0v) is 9.71. The monoisotopic (exact) mass is 268 g/mol.